The largest absolute Gasteiger partial charge is 0.472 e. The van der Waals surface area contributed by atoms with E-state index >= 15 is 0 Å². The van der Waals surface area contributed by atoms with Crippen molar-refractivity contribution in [2.45, 2.75) is 356 Å². The van der Waals surface area contributed by atoms with Gasteiger partial charge in [0.2, 0.25) is 0 Å². The van der Waals surface area contributed by atoms with Crippen molar-refractivity contribution in [1.29, 1.82) is 0 Å². The fraction of sp³-hybridized carbons (Fsp3) is 0.942. The van der Waals surface area contributed by atoms with Crippen LogP contribution in [0, 0.1) is 23.7 Å². The number of hydrogen-bond donors (Lipinski definition) is 3. The Morgan fingerprint density at radius 3 is 0.705 bits per heavy atom. The van der Waals surface area contributed by atoms with Crippen LogP contribution in [0.4, 0.5) is 0 Å². The maximum absolute atomic E-state index is 13.0. The summed E-state index contributed by atoms with van der Waals surface area (Å²) < 4.78 is 68.2. The minimum atomic E-state index is -4.95. The molecule has 88 heavy (non-hydrogen) atoms. The van der Waals surface area contributed by atoms with E-state index < -0.39 is 97.5 Å². The standard InChI is InChI=1S/C69H134O17P2/c1-59(2)45-37-29-21-15-11-9-10-12-18-25-35-43-51-68(73)85-65(56-80-67(72)50-42-34-28-27-32-40-48-62(7)8)58-84-88(77,78)82-54-63(70)53-81-87(75,76)83-57-64(86-69(74)52-44-36-26-20-19-23-31-39-47-61(5)6)55-79-66(71)49-41-33-24-17-14-13-16-22-30-38-46-60(3)4/h59-65,70H,9-58H2,1-8H3,(H,75,76)(H,77,78)/t63-,64-,65-/m1/s1. The van der Waals surface area contributed by atoms with Gasteiger partial charge in [-0.3, -0.25) is 37.3 Å². The number of carbonyl (C=O) groups excluding carboxylic acids is 4. The predicted octanol–water partition coefficient (Wildman–Crippen LogP) is 19.3. The summed E-state index contributed by atoms with van der Waals surface area (Å²) in [5.41, 5.74) is 0. The molecule has 0 bridgehead atoms. The van der Waals surface area contributed by atoms with Crippen molar-refractivity contribution in [3.63, 3.8) is 0 Å². The van der Waals surface area contributed by atoms with E-state index in [4.69, 9.17) is 37.0 Å². The van der Waals surface area contributed by atoms with E-state index in [1.54, 1.807) is 0 Å². The van der Waals surface area contributed by atoms with Crippen molar-refractivity contribution >= 4 is 39.5 Å². The molecule has 0 aromatic heterocycles. The first-order chi connectivity index (χ1) is 42.1. The third-order valence-electron chi connectivity index (χ3n) is 15.8. The van der Waals surface area contributed by atoms with Crippen molar-refractivity contribution < 1.29 is 80.2 Å². The molecule has 5 atom stereocenters. The summed E-state index contributed by atoms with van der Waals surface area (Å²) in [5, 5.41) is 10.6. The first-order valence-corrected chi connectivity index (χ1v) is 38.7. The monoisotopic (exact) mass is 1300 g/mol. The Morgan fingerprint density at radius 1 is 0.284 bits per heavy atom. The molecule has 0 saturated carbocycles. The van der Waals surface area contributed by atoms with Gasteiger partial charge in [-0.15, -0.1) is 0 Å². The van der Waals surface area contributed by atoms with Crippen LogP contribution in [0.5, 0.6) is 0 Å². The van der Waals surface area contributed by atoms with Crippen LogP contribution in [-0.4, -0.2) is 96.7 Å². The van der Waals surface area contributed by atoms with Gasteiger partial charge in [-0.2, -0.15) is 0 Å². The number of rotatable bonds is 66. The molecule has 0 spiro atoms. The number of esters is 4. The minimum absolute atomic E-state index is 0.104. The molecule has 3 N–H and O–H groups in total. The van der Waals surface area contributed by atoms with E-state index in [2.05, 4.69) is 55.4 Å². The van der Waals surface area contributed by atoms with E-state index in [0.29, 0.717) is 31.6 Å². The van der Waals surface area contributed by atoms with Crippen LogP contribution in [0.2, 0.25) is 0 Å². The third kappa shape index (κ3) is 62.8. The van der Waals surface area contributed by atoms with Crippen LogP contribution < -0.4 is 0 Å². The highest BCUT2D eigenvalue weighted by molar-refractivity contribution is 7.47. The summed E-state index contributed by atoms with van der Waals surface area (Å²) in [6, 6.07) is 0. The number of aliphatic hydroxyl groups is 1. The second kappa shape index (κ2) is 58.8. The molecule has 19 heteroatoms. The smallest absolute Gasteiger partial charge is 0.462 e. The minimum Gasteiger partial charge on any atom is -0.462 e. The number of unbranched alkanes of at least 4 members (excludes halogenated alkanes) is 32. The molecule has 0 aliphatic heterocycles. The highest BCUT2D eigenvalue weighted by Gasteiger charge is 2.30. The number of phosphoric acid groups is 2. The van der Waals surface area contributed by atoms with Crippen LogP contribution in [0.1, 0.15) is 338 Å². The lowest BCUT2D eigenvalue weighted by Gasteiger charge is -2.21. The van der Waals surface area contributed by atoms with Gasteiger partial charge in [0, 0.05) is 25.7 Å². The van der Waals surface area contributed by atoms with Gasteiger partial charge < -0.3 is 33.8 Å². The molecule has 0 amide bonds. The van der Waals surface area contributed by atoms with Crippen LogP contribution in [0.25, 0.3) is 0 Å². The summed E-state index contributed by atoms with van der Waals surface area (Å²) in [5.74, 6) is 0.799. The Morgan fingerprint density at radius 2 is 0.477 bits per heavy atom. The van der Waals surface area contributed by atoms with E-state index in [-0.39, 0.29) is 25.7 Å². The molecular formula is C69H134O17P2. The first-order valence-electron chi connectivity index (χ1n) is 35.7. The number of ether oxygens (including phenoxy) is 4. The average Bonchev–Trinajstić information content (AvgIpc) is 3.44. The van der Waals surface area contributed by atoms with Gasteiger partial charge in [0.1, 0.15) is 19.3 Å². The Bertz CT molecular complexity index is 1750. The SMILES string of the molecule is CC(C)CCCCCCCCCCCCCCC(=O)O[C@H](COC(=O)CCCCCCCCC(C)C)COP(=O)(O)OC[C@H](O)COP(=O)(O)OC[C@@H](COC(=O)CCCCCCCCCCCCC(C)C)OC(=O)CCCCCCCCCCC(C)C. The van der Waals surface area contributed by atoms with Crippen LogP contribution in [0.3, 0.4) is 0 Å². The molecule has 0 aliphatic carbocycles. The quantitative estimate of drug-likeness (QED) is 0.0222. The normalized spacial score (nSPS) is 14.3. The molecule has 0 rings (SSSR count). The van der Waals surface area contributed by atoms with Crippen LogP contribution >= 0.6 is 15.6 Å². The van der Waals surface area contributed by atoms with Crippen molar-refractivity contribution in [2.24, 2.45) is 23.7 Å². The predicted molar refractivity (Wildman–Crippen MR) is 354 cm³/mol. The third-order valence-corrected chi connectivity index (χ3v) is 17.7. The van der Waals surface area contributed by atoms with E-state index in [1.165, 1.54) is 135 Å². The van der Waals surface area contributed by atoms with E-state index in [1.807, 2.05) is 0 Å². The average molecular weight is 1300 g/mol. The van der Waals surface area contributed by atoms with Crippen molar-refractivity contribution in [3.8, 4) is 0 Å². The van der Waals surface area contributed by atoms with Crippen LogP contribution in [0.15, 0.2) is 0 Å². The molecule has 2 unspecified atom stereocenters. The van der Waals surface area contributed by atoms with Gasteiger partial charge in [-0.05, 0) is 49.4 Å². The highest BCUT2D eigenvalue weighted by Crippen LogP contribution is 2.45. The molecule has 0 fully saturated rings. The summed E-state index contributed by atoms with van der Waals surface area (Å²) in [4.78, 5) is 72.4. The lowest BCUT2D eigenvalue weighted by atomic mass is 10.0. The number of carbonyl (C=O) groups is 4. The summed E-state index contributed by atoms with van der Waals surface area (Å²) in [7, 11) is -9.90. The fourth-order valence-corrected chi connectivity index (χ4v) is 11.9. The van der Waals surface area contributed by atoms with Crippen molar-refractivity contribution in [3.05, 3.63) is 0 Å². The van der Waals surface area contributed by atoms with Gasteiger partial charge in [0.15, 0.2) is 12.2 Å². The number of aliphatic hydroxyl groups excluding tert-OH is 1. The second-order valence-corrected chi connectivity index (χ2v) is 29.7. The summed E-state index contributed by atoms with van der Waals surface area (Å²) in [6.45, 7) is 14.0. The molecule has 0 aromatic rings. The molecule has 0 radical (unpaired) electrons. The van der Waals surface area contributed by atoms with Gasteiger partial charge in [0.05, 0.1) is 26.4 Å². The van der Waals surface area contributed by atoms with Gasteiger partial charge in [-0.25, -0.2) is 9.13 Å². The Kier molecular flexibility index (Phi) is 57.6. The molecule has 0 heterocycles. The van der Waals surface area contributed by atoms with Crippen molar-refractivity contribution in [2.75, 3.05) is 39.6 Å². The Labute approximate surface area is 537 Å². The maximum Gasteiger partial charge on any atom is 0.472 e. The van der Waals surface area contributed by atoms with Crippen molar-refractivity contribution in [1.82, 2.24) is 0 Å². The maximum atomic E-state index is 13.0. The zero-order valence-corrected chi connectivity index (χ0v) is 59.1. The molecule has 0 aromatic carbocycles. The zero-order chi connectivity index (χ0) is 65.4. The second-order valence-electron chi connectivity index (χ2n) is 26.8. The van der Waals surface area contributed by atoms with E-state index in [0.717, 1.165) is 114 Å². The molecule has 17 nitrogen and oxygen atoms in total. The molecule has 0 saturated heterocycles. The number of hydrogen-bond acceptors (Lipinski definition) is 15. The van der Waals surface area contributed by atoms with E-state index in [9.17, 15) is 43.2 Å². The zero-order valence-electron chi connectivity index (χ0n) is 57.3. The first kappa shape index (κ1) is 86.1. The summed E-state index contributed by atoms with van der Waals surface area (Å²) in [6.07, 6.45) is 40.5. The summed E-state index contributed by atoms with van der Waals surface area (Å²) >= 11 is 0. The lowest BCUT2D eigenvalue weighted by molar-refractivity contribution is -0.161. The number of phosphoric ester groups is 2. The van der Waals surface area contributed by atoms with Crippen LogP contribution in [-0.2, 0) is 65.4 Å². The molecular weight excluding hydrogens is 1160 g/mol. The Balaban J connectivity index is 5.24. The van der Waals surface area contributed by atoms with Gasteiger partial charge in [-0.1, -0.05) is 287 Å². The molecule has 522 valence electrons. The Hall–Kier alpha value is -1.94. The van der Waals surface area contributed by atoms with Gasteiger partial charge in [0.25, 0.3) is 0 Å². The molecule has 0 aliphatic rings. The fourth-order valence-electron chi connectivity index (χ4n) is 10.3. The lowest BCUT2D eigenvalue weighted by Crippen LogP contribution is -2.30. The topological polar surface area (TPSA) is 237 Å². The van der Waals surface area contributed by atoms with Gasteiger partial charge >= 0.3 is 39.5 Å². The highest BCUT2D eigenvalue weighted by atomic mass is 31.2.